The molecule has 1 heterocycles. The summed E-state index contributed by atoms with van der Waals surface area (Å²) >= 11 is 0. The summed E-state index contributed by atoms with van der Waals surface area (Å²) in [6, 6.07) is 2.98. The normalized spacial score (nSPS) is 10.8. The van der Waals surface area contributed by atoms with E-state index in [1.165, 1.54) is 6.07 Å². The van der Waals surface area contributed by atoms with Crippen LogP contribution in [0.2, 0.25) is 0 Å². The highest BCUT2D eigenvalue weighted by Crippen LogP contribution is 2.21. The third-order valence-electron chi connectivity index (χ3n) is 2.41. The standard InChI is InChI=1S/C11H13FN4/c1-6-4-11(10(13)5-9(6)12)16-8(3)14-7(2)15-16/h4-5H,13H2,1-3H3. The summed E-state index contributed by atoms with van der Waals surface area (Å²) in [5, 5.41) is 4.22. The van der Waals surface area contributed by atoms with Gasteiger partial charge in [-0.05, 0) is 38.5 Å². The molecule has 2 rings (SSSR count). The van der Waals surface area contributed by atoms with E-state index >= 15 is 0 Å². The van der Waals surface area contributed by atoms with Gasteiger partial charge >= 0.3 is 0 Å². The summed E-state index contributed by atoms with van der Waals surface area (Å²) in [4.78, 5) is 4.18. The molecule has 2 aromatic rings. The Balaban J connectivity index is 2.64. The first-order valence-corrected chi connectivity index (χ1v) is 4.95. The molecule has 0 fully saturated rings. The zero-order valence-corrected chi connectivity index (χ0v) is 9.45. The molecule has 0 amide bonds. The molecule has 5 heteroatoms. The van der Waals surface area contributed by atoms with Gasteiger partial charge in [-0.3, -0.25) is 0 Å². The first kappa shape index (κ1) is 10.6. The van der Waals surface area contributed by atoms with E-state index < -0.39 is 0 Å². The maximum atomic E-state index is 13.3. The number of rotatable bonds is 1. The largest absolute Gasteiger partial charge is 0.397 e. The van der Waals surface area contributed by atoms with Gasteiger partial charge in [0, 0.05) is 0 Å². The average Bonchev–Trinajstić information content (AvgIpc) is 2.51. The van der Waals surface area contributed by atoms with Crippen LogP contribution in [0.1, 0.15) is 17.2 Å². The van der Waals surface area contributed by atoms with Gasteiger partial charge in [-0.1, -0.05) is 0 Å². The molecule has 1 aromatic carbocycles. The van der Waals surface area contributed by atoms with Gasteiger partial charge in [0.25, 0.3) is 0 Å². The number of nitrogens with two attached hydrogens (primary N) is 1. The number of anilines is 1. The number of nitrogens with zero attached hydrogens (tertiary/aromatic N) is 3. The number of aromatic nitrogens is 3. The number of hydrogen-bond acceptors (Lipinski definition) is 3. The Morgan fingerprint density at radius 2 is 1.94 bits per heavy atom. The Morgan fingerprint density at radius 1 is 1.25 bits per heavy atom. The zero-order valence-electron chi connectivity index (χ0n) is 9.45. The molecule has 0 atom stereocenters. The number of nitrogen functional groups attached to an aromatic ring is 1. The van der Waals surface area contributed by atoms with E-state index in [-0.39, 0.29) is 5.82 Å². The van der Waals surface area contributed by atoms with E-state index in [1.807, 2.05) is 6.92 Å². The van der Waals surface area contributed by atoms with Crippen molar-refractivity contribution in [2.75, 3.05) is 5.73 Å². The Kier molecular flexibility index (Phi) is 2.38. The van der Waals surface area contributed by atoms with Crippen molar-refractivity contribution in [3.63, 3.8) is 0 Å². The molecule has 0 aliphatic rings. The van der Waals surface area contributed by atoms with E-state index in [0.717, 1.165) is 5.82 Å². The van der Waals surface area contributed by atoms with Crippen molar-refractivity contribution in [1.82, 2.24) is 14.8 Å². The van der Waals surface area contributed by atoms with Gasteiger partial charge in [0.2, 0.25) is 0 Å². The monoisotopic (exact) mass is 220 g/mol. The molecule has 16 heavy (non-hydrogen) atoms. The third kappa shape index (κ3) is 1.64. The Bertz CT molecular complexity index is 545. The molecule has 1 aromatic heterocycles. The van der Waals surface area contributed by atoms with Crippen LogP contribution >= 0.6 is 0 Å². The summed E-state index contributed by atoms with van der Waals surface area (Å²) in [5.41, 5.74) is 7.33. The molecule has 2 N–H and O–H groups in total. The van der Waals surface area contributed by atoms with Crippen LogP contribution in [-0.4, -0.2) is 14.8 Å². The molecule has 0 unspecified atom stereocenters. The fourth-order valence-corrected chi connectivity index (χ4v) is 1.61. The molecule has 4 nitrogen and oxygen atoms in total. The predicted molar refractivity (Wildman–Crippen MR) is 59.9 cm³/mol. The van der Waals surface area contributed by atoms with Crippen LogP contribution in [0, 0.1) is 26.6 Å². The lowest BCUT2D eigenvalue weighted by atomic mass is 10.2. The third-order valence-corrected chi connectivity index (χ3v) is 2.41. The minimum atomic E-state index is -0.309. The van der Waals surface area contributed by atoms with Gasteiger partial charge in [-0.15, -0.1) is 0 Å². The van der Waals surface area contributed by atoms with Crippen LogP contribution in [0.5, 0.6) is 0 Å². The maximum Gasteiger partial charge on any atom is 0.148 e. The highest BCUT2D eigenvalue weighted by molar-refractivity contribution is 5.59. The van der Waals surface area contributed by atoms with Crippen molar-refractivity contribution in [1.29, 1.82) is 0 Å². The lowest BCUT2D eigenvalue weighted by Gasteiger charge is -2.08. The van der Waals surface area contributed by atoms with Crippen LogP contribution in [0.25, 0.3) is 5.69 Å². The topological polar surface area (TPSA) is 56.7 Å². The van der Waals surface area contributed by atoms with Gasteiger partial charge in [-0.2, -0.15) is 5.10 Å². The summed E-state index contributed by atoms with van der Waals surface area (Å²) in [6.45, 7) is 5.32. The number of aryl methyl sites for hydroxylation is 3. The summed E-state index contributed by atoms with van der Waals surface area (Å²) < 4.78 is 14.9. The maximum absolute atomic E-state index is 13.3. The molecule has 0 bridgehead atoms. The number of halogens is 1. The van der Waals surface area contributed by atoms with Crippen molar-refractivity contribution >= 4 is 5.69 Å². The van der Waals surface area contributed by atoms with Crippen molar-refractivity contribution in [3.05, 3.63) is 35.2 Å². The Morgan fingerprint density at radius 3 is 2.50 bits per heavy atom. The van der Waals surface area contributed by atoms with Gasteiger partial charge in [-0.25, -0.2) is 14.1 Å². The molecule has 0 saturated carbocycles. The first-order chi connectivity index (χ1) is 7.49. The van der Waals surface area contributed by atoms with E-state index in [1.54, 1.807) is 24.6 Å². The minimum absolute atomic E-state index is 0.309. The van der Waals surface area contributed by atoms with Gasteiger partial charge in [0.05, 0.1) is 11.4 Å². The fourth-order valence-electron chi connectivity index (χ4n) is 1.61. The lowest BCUT2D eigenvalue weighted by Crippen LogP contribution is -2.05. The second kappa shape index (κ2) is 3.59. The van der Waals surface area contributed by atoms with Crippen LogP contribution in [0.4, 0.5) is 10.1 Å². The predicted octanol–water partition coefficient (Wildman–Crippen LogP) is 1.91. The summed E-state index contributed by atoms with van der Waals surface area (Å²) in [5.74, 6) is 1.09. The molecule has 84 valence electrons. The fraction of sp³-hybridized carbons (Fsp3) is 0.273. The Labute approximate surface area is 92.9 Å². The average molecular weight is 220 g/mol. The molecule has 0 spiro atoms. The first-order valence-electron chi connectivity index (χ1n) is 4.95. The molecular weight excluding hydrogens is 207 g/mol. The van der Waals surface area contributed by atoms with Gasteiger partial charge in [0.15, 0.2) is 0 Å². The van der Waals surface area contributed by atoms with E-state index in [9.17, 15) is 4.39 Å². The number of benzene rings is 1. The highest BCUT2D eigenvalue weighted by Gasteiger charge is 2.10. The van der Waals surface area contributed by atoms with Crippen LogP contribution in [-0.2, 0) is 0 Å². The molecule has 0 radical (unpaired) electrons. The second-order valence-electron chi connectivity index (χ2n) is 3.78. The van der Waals surface area contributed by atoms with Gasteiger partial charge in [0.1, 0.15) is 17.5 Å². The quantitative estimate of drug-likeness (QED) is 0.747. The zero-order chi connectivity index (χ0) is 11.9. The smallest absolute Gasteiger partial charge is 0.148 e. The van der Waals surface area contributed by atoms with Crippen molar-refractivity contribution < 1.29 is 4.39 Å². The van der Waals surface area contributed by atoms with Crippen LogP contribution < -0.4 is 5.73 Å². The highest BCUT2D eigenvalue weighted by atomic mass is 19.1. The van der Waals surface area contributed by atoms with Crippen LogP contribution in [0.15, 0.2) is 12.1 Å². The molecule has 0 aliphatic carbocycles. The van der Waals surface area contributed by atoms with Gasteiger partial charge < -0.3 is 5.73 Å². The number of hydrogen-bond donors (Lipinski definition) is 1. The summed E-state index contributed by atoms with van der Waals surface area (Å²) in [7, 11) is 0. The molecule has 0 saturated heterocycles. The summed E-state index contributed by atoms with van der Waals surface area (Å²) in [6.07, 6.45) is 0. The second-order valence-corrected chi connectivity index (χ2v) is 3.78. The van der Waals surface area contributed by atoms with Crippen molar-refractivity contribution in [3.8, 4) is 5.69 Å². The van der Waals surface area contributed by atoms with Crippen molar-refractivity contribution in [2.24, 2.45) is 0 Å². The Hall–Kier alpha value is -1.91. The van der Waals surface area contributed by atoms with Crippen LogP contribution in [0.3, 0.4) is 0 Å². The SMILES string of the molecule is Cc1nc(C)n(-c2cc(C)c(F)cc2N)n1. The minimum Gasteiger partial charge on any atom is -0.397 e. The van der Waals surface area contributed by atoms with E-state index in [2.05, 4.69) is 10.1 Å². The van der Waals surface area contributed by atoms with E-state index in [0.29, 0.717) is 22.8 Å². The molecular formula is C11H13FN4. The van der Waals surface area contributed by atoms with Crippen molar-refractivity contribution in [2.45, 2.75) is 20.8 Å². The molecule has 0 aliphatic heterocycles. The van der Waals surface area contributed by atoms with E-state index in [4.69, 9.17) is 5.73 Å². The lowest BCUT2D eigenvalue weighted by molar-refractivity contribution is 0.618.